The SMILES string of the molecule is COCc1noc(-c2nc3c([nH]2)CC(C)(C)CNC3=O)n1. The number of H-pyrrole nitrogens is 1. The molecule has 0 aliphatic carbocycles. The van der Waals surface area contributed by atoms with Crippen molar-refractivity contribution in [3.63, 3.8) is 0 Å². The highest BCUT2D eigenvalue weighted by molar-refractivity contribution is 5.94. The zero-order valence-electron chi connectivity index (χ0n) is 12.2. The maximum absolute atomic E-state index is 12.1. The first-order chi connectivity index (χ1) is 9.98. The average molecular weight is 291 g/mol. The van der Waals surface area contributed by atoms with E-state index in [2.05, 4.69) is 39.3 Å². The number of hydrogen-bond donors (Lipinski definition) is 2. The van der Waals surface area contributed by atoms with Crippen LogP contribution in [0, 0.1) is 5.41 Å². The molecule has 112 valence electrons. The van der Waals surface area contributed by atoms with E-state index in [0.29, 0.717) is 30.3 Å². The Balaban J connectivity index is 1.95. The number of aromatic amines is 1. The van der Waals surface area contributed by atoms with Gasteiger partial charge in [0.25, 0.3) is 11.8 Å². The maximum Gasteiger partial charge on any atom is 0.293 e. The number of fused-ring (bicyclic) bond motifs is 1. The number of nitrogens with zero attached hydrogens (tertiary/aromatic N) is 3. The first-order valence-electron chi connectivity index (χ1n) is 6.67. The molecule has 0 unspecified atom stereocenters. The number of ether oxygens (including phenoxy) is 1. The van der Waals surface area contributed by atoms with E-state index in [1.54, 1.807) is 7.11 Å². The van der Waals surface area contributed by atoms with Gasteiger partial charge in [0.05, 0.1) is 0 Å². The van der Waals surface area contributed by atoms with Crippen molar-refractivity contribution in [2.75, 3.05) is 13.7 Å². The molecular weight excluding hydrogens is 274 g/mol. The Morgan fingerprint density at radius 2 is 2.19 bits per heavy atom. The highest BCUT2D eigenvalue weighted by Crippen LogP contribution is 2.27. The van der Waals surface area contributed by atoms with Crippen LogP contribution in [0.3, 0.4) is 0 Å². The molecule has 0 saturated carbocycles. The number of aromatic nitrogens is 4. The van der Waals surface area contributed by atoms with Crippen molar-refractivity contribution in [3.8, 4) is 11.7 Å². The number of carbonyl (C=O) groups excluding carboxylic acids is 1. The van der Waals surface area contributed by atoms with Crippen molar-refractivity contribution in [2.24, 2.45) is 5.41 Å². The quantitative estimate of drug-likeness (QED) is 0.871. The molecule has 1 amide bonds. The molecule has 0 spiro atoms. The lowest BCUT2D eigenvalue weighted by molar-refractivity contribution is 0.0940. The fourth-order valence-corrected chi connectivity index (χ4v) is 2.31. The predicted octanol–water partition coefficient (Wildman–Crippen LogP) is 0.918. The molecule has 8 heteroatoms. The highest BCUT2D eigenvalue weighted by Gasteiger charge is 2.30. The number of imidazole rings is 1. The van der Waals surface area contributed by atoms with Crippen LogP contribution in [-0.4, -0.2) is 39.7 Å². The Labute approximate surface area is 121 Å². The van der Waals surface area contributed by atoms with Crippen LogP contribution in [-0.2, 0) is 17.8 Å². The van der Waals surface area contributed by atoms with Gasteiger partial charge in [-0.15, -0.1) is 0 Å². The smallest absolute Gasteiger partial charge is 0.293 e. The first-order valence-corrected chi connectivity index (χ1v) is 6.67. The van der Waals surface area contributed by atoms with E-state index in [1.165, 1.54) is 0 Å². The summed E-state index contributed by atoms with van der Waals surface area (Å²) in [4.78, 5) is 23.7. The first kappa shape index (κ1) is 13.7. The molecule has 2 aromatic rings. The molecule has 1 aliphatic heterocycles. The number of amides is 1. The predicted molar refractivity (Wildman–Crippen MR) is 72.4 cm³/mol. The fraction of sp³-hybridized carbons (Fsp3) is 0.538. The van der Waals surface area contributed by atoms with Gasteiger partial charge in [0.15, 0.2) is 11.6 Å². The van der Waals surface area contributed by atoms with Crippen LogP contribution in [0.4, 0.5) is 0 Å². The average Bonchev–Trinajstić information content (AvgIpc) is 3.01. The van der Waals surface area contributed by atoms with Gasteiger partial charge in [-0.2, -0.15) is 4.98 Å². The van der Waals surface area contributed by atoms with Crippen LogP contribution >= 0.6 is 0 Å². The number of carbonyl (C=O) groups is 1. The molecule has 0 radical (unpaired) electrons. The zero-order chi connectivity index (χ0) is 15.0. The van der Waals surface area contributed by atoms with E-state index in [0.717, 1.165) is 5.69 Å². The Kier molecular flexibility index (Phi) is 3.25. The van der Waals surface area contributed by atoms with Gasteiger partial charge in [-0.3, -0.25) is 4.79 Å². The van der Waals surface area contributed by atoms with Crippen molar-refractivity contribution >= 4 is 5.91 Å². The van der Waals surface area contributed by atoms with E-state index < -0.39 is 0 Å². The molecule has 0 aromatic carbocycles. The Morgan fingerprint density at radius 1 is 1.38 bits per heavy atom. The minimum absolute atomic E-state index is 0.0409. The second-order valence-corrected chi connectivity index (χ2v) is 5.89. The molecule has 0 atom stereocenters. The Hall–Kier alpha value is -2.22. The van der Waals surface area contributed by atoms with Gasteiger partial charge >= 0.3 is 0 Å². The van der Waals surface area contributed by atoms with Gasteiger partial charge in [0, 0.05) is 19.3 Å². The van der Waals surface area contributed by atoms with Crippen LogP contribution in [0.5, 0.6) is 0 Å². The van der Waals surface area contributed by atoms with Crippen LogP contribution < -0.4 is 5.32 Å². The fourth-order valence-electron chi connectivity index (χ4n) is 2.31. The topological polar surface area (TPSA) is 106 Å². The van der Waals surface area contributed by atoms with Crippen molar-refractivity contribution in [1.29, 1.82) is 0 Å². The summed E-state index contributed by atoms with van der Waals surface area (Å²) in [6.07, 6.45) is 0.715. The summed E-state index contributed by atoms with van der Waals surface area (Å²) >= 11 is 0. The van der Waals surface area contributed by atoms with Crippen molar-refractivity contribution in [3.05, 3.63) is 17.2 Å². The molecule has 0 fully saturated rings. The minimum Gasteiger partial charge on any atom is -0.377 e. The van der Waals surface area contributed by atoms with Crippen molar-refractivity contribution in [1.82, 2.24) is 25.4 Å². The largest absolute Gasteiger partial charge is 0.377 e. The summed E-state index contributed by atoms with van der Waals surface area (Å²) in [7, 11) is 1.55. The lowest BCUT2D eigenvalue weighted by Crippen LogP contribution is -2.32. The lowest BCUT2D eigenvalue weighted by atomic mass is 9.88. The Morgan fingerprint density at radius 3 is 2.95 bits per heavy atom. The van der Waals surface area contributed by atoms with Crippen molar-refractivity contribution < 1.29 is 14.1 Å². The Bertz CT molecular complexity index is 673. The van der Waals surface area contributed by atoms with E-state index in [9.17, 15) is 4.79 Å². The normalized spacial score (nSPS) is 17.2. The van der Waals surface area contributed by atoms with Crippen LogP contribution in [0.15, 0.2) is 4.52 Å². The number of nitrogens with one attached hydrogen (secondary N) is 2. The molecular formula is C13H17N5O3. The molecule has 2 aromatic heterocycles. The molecule has 3 heterocycles. The lowest BCUT2D eigenvalue weighted by Gasteiger charge is -2.21. The summed E-state index contributed by atoms with van der Waals surface area (Å²) in [5, 5.41) is 6.66. The van der Waals surface area contributed by atoms with Crippen LogP contribution in [0.25, 0.3) is 11.7 Å². The van der Waals surface area contributed by atoms with Gasteiger partial charge < -0.3 is 19.6 Å². The highest BCUT2D eigenvalue weighted by atomic mass is 16.5. The number of rotatable bonds is 3. The van der Waals surface area contributed by atoms with Gasteiger partial charge in [-0.1, -0.05) is 19.0 Å². The molecule has 2 N–H and O–H groups in total. The van der Waals surface area contributed by atoms with Gasteiger partial charge in [0.2, 0.25) is 0 Å². The monoisotopic (exact) mass is 291 g/mol. The van der Waals surface area contributed by atoms with Gasteiger partial charge in [0.1, 0.15) is 12.3 Å². The van der Waals surface area contributed by atoms with E-state index >= 15 is 0 Å². The van der Waals surface area contributed by atoms with E-state index in [1.807, 2.05) is 0 Å². The van der Waals surface area contributed by atoms with Crippen LogP contribution in [0.2, 0.25) is 0 Å². The maximum atomic E-state index is 12.1. The molecule has 0 bridgehead atoms. The van der Waals surface area contributed by atoms with E-state index in [4.69, 9.17) is 9.26 Å². The van der Waals surface area contributed by atoms with Crippen molar-refractivity contribution in [2.45, 2.75) is 26.9 Å². The molecule has 1 aliphatic rings. The summed E-state index contributed by atoms with van der Waals surface area (Å²) < 4.78 is 10.1. The number of hydrogen-bond acceptors (Lipinski definition) is 6. The summed E-state index contributed by atoms with van der Waals surface area (Å²) in [6, 6.07) is 0. The molecule has 3 rings (SSSR count). The third-order valence-electron chi connectivity index (χ3n) is 3.32. The summed E-state index contributed by atoms with van der Waals surface area (Å²) in [5.74, 6) is 0.905. The van der Waals surface area contributed by atoms with Gasteiger partial charge in [-0.25, -0.2) is 4.98 Å². The van der Waals surface area contributed by atoms with Crippen LogP contribution in [0.1, 0.15) is 35.9 Å². The third-order valence-corrected chi connectivity index (χ3v) is 3.32. The summed E-state index contributed by atoms with van der Waals surface area (Å²) in [5.41, 5.74) is 1.14. The summed E-state index contributed by atoms with van der Waals surface area (Å²) in [6.45, 7) is 5.06. The number of methoxy groups -OCH3 is 1. The molecule has 21 heavy (non-hydrogen) atoms. The van der Waals surface area contributed by atoms with E-state index in [-0.39, 0.29) is 23.8 Å². The molecule has 0 saturated heterocycles. The zero-order valence-corrected chi connectivity index (χ0v) is 12.2. The molecule has 8 nitrogen and oxygen atoms in total. The minimum atomic E-state index is -0.185. The second-order valence-electron chi connectivity index (χ2n) is 5.89. The second kappa shape index (κ2) is 4.96. The standard InChI is InChI=1S/C13H17N5O3/c1-13(2)4-7-9(11(19)14-6-13)17-10(15-7)12-16-8(5-20-3)18-21-12/h4-6H2,1-3H3,(H,14,19)(H,15,17). The van der Waals surface area contributed by atoms with Gasteiger partial charge in [-0.05, 0) is 11.8 Å². The third kappa shape index (κ3) is 2.66.